The molecule has 3 aromatic carbocycles. The van der Waals surface area contributed by atoms with Crippen molar-refractivity contribution in [3.8, 4) is 16.9 Å². The minimum atomic E-state index is -0.0348. The average Bonchev–Trinajstić information content (AvgIpc) is 3.12. The van der Waals surface area contributed by atoms with Crippen molar-refractivity contribution in [3.63, 3.8) is 0 Å². The van der Waals surface area contributed by atoms with Crippen molar-refractivity contribution >= 4 is 5.91 Å². The number of hydrogen-bond donors (Lipinski definition) is 0. The number of benzene rings is 3. The third-order valence-electron chi connectivity index (χ3n) is 4.99. The Bertz CT molecular complexity index is 1100. The van der Waals surface area contributed by atoms with Crippen molar-refractivity contribution in [1.82, 2.24) is 14.7 Å². The predicted octanol–water partition coefficient (Wildman–Crippen LogP) is 5.12. The molecule has 0 N–H and O–H groups in total. The van der Waals surface area contributed by atoms with E-state index >= 15 is 0 Å². The summed E-state index contributed by atoms with van der Waals surface area (Å²) in [5.74, 6) is -0.0348. The second-order valence-electron chi connectivity index (χ2n) is 7.07. The highest BCUT2D eigenvalue weighted by Crippen LogP contribution is 2.28. The zero-order valence-electron chi connectivity index (χ0n) is 16.6. The van der Waals surface area contributed by atoms with Crippen LogP contribution in [-0.4, -0.2) is 27.6 Å². The smallest absolute Gasteiger partial charge is 0.258 e. The van der Waals surface area contributed by atoms with Gasteiger partial charge in [0.25, 0.3) is 5.91 Å². The number of carbonyl (C=O) groups is 1. The number of hydrogen-bond acceptors (Lipinski definition) is 2. The van der Waals surface area contributed by atoms with Crippen molar-refractivity contribution < 1.29 is 4.79 Å². The molecular formula is C25H23N3O. The molecule has 1 aromatic heterocycles. The molecule has 1 amide bonds. The van der Waals surface area contributed by atoms with Gasteiger partial charge in [-0.25, -0.2) is 4.68 Å². The average molecular weight is 381 g/mol. The number of para-hydroxylation sites is 1. The highest BCUT2D eigenvalue weighted by Gasteiger charge is 2.25. The molecule has 4 rings (SSSR count). The van der Waals surface area contributed by atoms with E-state index in [0.29, 0.717) is 17.8 Å². The first-order chi connectivity index (χ1) is 14.1. The second-order valence-corrected chi connectivity index (χ2v) is 7.07. The molecule has 0 aliphatic rings. The van der Waals surface area contributed by atoms with Crippen molar-refractivity contribution in [1.29, 1.82) is 0 Å². The van der Waals surface area contributed by atoms with Crippen molar-refractivity contribution in [3.05, 3.63) is 108 Å². The molecule has 0 spiro atoms. The molecule has 4 heteroatoms. The molecule has 0 bridgehead atoms. The summed E-state index contributed by atoms with van der Waals surface area (Å²) < 4.78 is 1.85. The van der Waals surface area contributed by atoms with Gasteiger partial charge in [0.1, 0.15) is 5.69 Å². The van der Waals surface area contributed by atoms with Crippen LogP contribution in [-0.2, 0) is 6.54 Å². The molecule has 1 heterocycles. The van der Waals surface area contributed by atoms with Gasteiger partial charge in [0.15, 0.2) is 0 Å². The molecule has 29 heavy (non-hydrogen) atoms. The van der Waals surface area contributed by atoms with E-state index in [1.54, 1.807) is 4.90 Å². The zero-order valence-corrected chi connectivity index (χ0v) is 16.6. The van der Waals surface area contributed by atoms with E-state index in [0.717, 1.165) is 22.5 Å². The Morgan fingerprint density at radius 3 is 2.03 bits per heavy atom. The molecule has 0 aliphatic heterocycles. The van der Waals surface area contributed by atoms with Gasteiger partial charge in [0.2, 0.25) is 0 Å². The molecule has 0 saturated carbocycles. The molecule has 144 valence electrons. The van der Waals surface area contributed by atoms with E-state index in [2.05, 4.69) is 0 Å². The Labute approximate surface area is 171 Å². The maximum Gasteiger partial charge on any atom is 0.258 e. The molecule has 0 radical (unpaired) electrons. The summed E-state index contributed by atoms with van der Waals surface area (Å²) in [6, 6.07) is 29.8. The lowest BCUT2D eigenvalue weighted by atomic mass is 10.0. The lowest BCUT2D eigenvalue weighted by molar-refractivity contribution is 0.0785. The highest BCUT2D eigenvalue weighted by atomic mass is 16.2. The van der Waals surface area contributed by atoms with E-state index in [4.69, 9.17) is 5.10 Å². The van der Waals surface area contributed by atoms with Gasteiger partial charge in [-0.2, -0.15) is 5.10 Å². The fraction of sp³-hybridized carbons (Fsp3) is 0.120. The van der Waals surface area contributed by atoms with Crippen LogP contribution in [0.5, 0.6) is 0 Å². The van der Waals surface area contributed by atoms with Crippen LogP contribution in [0.25, 0.3) is 16.9 Å². The summed E-state index contributed by atoms with van der Waals surface area (Å²) in [7, 11) is 1.84. The summed E-state index contributed by atoms with van der Waals surface area (Å²) in [5.41, 5.74) is 5.14. The third kappa shape index (κ3) is 3.83. The standard InChI is InChI=1S/C25H23N3O/c1-19-23(25(29)27(2)18-20-12-6-3-7-13-20)24(21-14-8-4-9-15-21)26-28(19)22-16-10-5-11-17-22/h3-17H,18H2,1-2H3. The molecule has 0 unspecified atom stereocenters. The summed E-state index contributed by atoms with van der Waals surface area (Å²) in [6.45, 7) is 2.50. The quantitative estimate of drug-likeness (QED) is 0.481. The summed E-state index contributed by atoms with van der Waals surface area (Å²) in [4.78, 5) is 15.2. The van der Waals surface area contributed by atoms with Gasteiger partial charge in [-0.05, 0) is 24.6 Å². The van der Waals surface area contributed by atoms with Gasteiger partial charge < -0.3 is 4.90 Å². The minimum absolute atomic E-state index is 0.0348. The monoisotopic (exact) mass is 381 g/mol. The van der Waals surface area contributed by atoms with Crippen LogP contribution in [0.4, 0.5) is 0 Å². The Balaban J connectivity index is 1.78. The summed E-state index contributed by atoms with van der Waals surface area (Å²) >= 11 is 0. The van der Waals surface area contributed by atoms with Gasteiger partial charge in [-0.15, -0.1) is 0 Å². The van der Waals surface area contributed by atoms with Crippen LogP contribution >= 0.6 is 0 Å². The van der Waals surface area contributed by atoms with Gasteiger partial charge >= 0.3 is 0 Å². The molecule has 4 nitrogen and oxygen atoms in total. The Hall–Kier alpha value is -3.66. The number of rotatable bonds is 5. The van der Waals surface area contributed by atoms with Crippen LogP contribution in [0.15, 0.2) is 91.0 Å². The molecule has 0 fully saturated rings. The maximum atomic E-state index is 13.5. The van der Waals surface area contributed by atoms with Crippen molar-refractivity contribution in [2.24, 2.45) is 0 Å². The van der Waals surface area contributed by atoms with Crippen molar-refractivity contribution in [2.45, 2.75) is 13.5 Å². The molecular weight excluding hydrogens is 358 g/mol. The number of carbonyl (C=O) groups excluding carboxylic acids is 1. The SMILES string of the molecule is Cc1c(C(=O)N(C)Cc2ccccc2)c(-c2ccccc2)nn1-c1ccccc1. The zero-order chi connectivity index (χ0) is 20.2. The van der Waals surface area contributed by atoms with E-state index in [9.17, 15) is 4.79 Å². The van der Waals surface area contributed by atoms with Gasteiger partial charge in [-0.1, -0.05) is 78.9 Å². The first-order valence-electron chi connectivity index (χ1n) is 9.65. The third-order valence-corrected chi connectivity index (χ3v) is 4.99. The first kappa shape index (κ1) is 18.7. The van der Waals surface area contributed by atoms with Crippen LogP contribution < -0.4 is 0 Å². The molecule has 0 saturated heterocycles. The molecule has 0 aliphatic carbocycles. The summed E-state index contributed by atoms with van der Waals surface area (Å²) in [6.07, 6.45) is 0. The van der Waals surface area contributed by atoms with Crippen LogP contribution in [0.3, 0.4) is 0 Å². The van der Waals surface area contributed by atoms with Gasteiger partial charge in [0.05, 0.1) is 16.9 Å². The Kier molecular flexibility index (Phi) is 5.25. The highest BCUT2D eigenvalue weighted by molar-refractivity contribution is 6.01. The van der Waals surface area contributed by atoms with E-state index in [1.165, 1.54) is 0 Å². The maximum absolute atomic E-state index is 13.5. The van der Waals surface area contributed by atoms with Gasteiger partial charge in [0, 0.05) is 19.2 Å². The number of amides is 1. The van der Waals surface area contributed by atoms with E-state index in [-0.39, 0.29) is 5.91 Å². The largest absolute Gasteiger partial charge is 0.337 e. The van der Waals surface area contributed by atoms with Crippen molar-refractivity contribution in [2.75, 3.05) is 7.05 Å². The topological polar surface area (TPSA) is 38.1 Å². The fourth-order valence-corrected chi connectivity index (χ4v) is 3.50. The van der Waals surface area contributed by atoms with E-state index < -0.39 is 0 Å². The van der Waals surface area contributed by atoms with Crippen LogP contribution in [0.2, 0.25) is 0 Å². The second kappa shape index (κ2) is 8.15. The normalized spacial score (nSPS) is 10.7. The fourth-order valence-electron chi connectivity index (χ4n) is 3.50. The number of nitrogens with zero attached hydrogens (tertiary/aromatic N) is 3. The Morgan fingerprint density at radius 2 is 1.41 bits per heavy atom. The van der Waals surface area contributed by atoms with Crippen LogP contribution in [0, 0.1) is 6.92 Å². The van der Waals surface area contributed by atoms with Crippen LogP contribution in [0.1, 0.15) is 21.6 Å². The molecule has 4 aromatic rings. The lowest BCUT2D eigenvalue weighted by Gasteiger charge is -2.18. The first-order valence-corrected chi connectivity index (χ1v) is 9.65. The van der Waals surface area contributed by atoms with Gasteiger partial charge in [-0.3, -0.25) is 4.79 Å². The molecule has 0 atom stereocenters. The van der Waals surface area contributed by atoms with E-state index in [1.807, 2.05) is 110 Å². The minimum Gasteiger partial charge on any atom is -0.337 e. The Morgan fingerprint density at radius 1 is 0.862 bits per heavy atom. The lowest BCUT2D eigenvalue weighted by Crippen LogP contribution is -2.27. The summed E-state index contributed by atoms with van der Waals surface area (Å²) in [5, 5.41) is 4.83. The number of aromatic nitrogens is 2. The predicted molar refractivity (Wildman–Crippen MR) is 116 cm³/mol.